The van der Waals surface area contributed by atoms with Gasteiger partial charge in [0.25, 0.3) is 0 Å². The molecule has 0 N–H and O–H groups in total. The van der Waals surface area contributed by atoms with Crippen molar-refractivity contribution >= 4 is 79.1 Å². The number of furan rings is 1. The first-order valence-electron chi connectivity index (χ1n) is 22.8. The lowest BCUT2D eigenvalue weighted by Gasteiger charge is -2.24. The van der Waals surface area contributed by atoms with Crippen molar-refractivity contribution in [3.05, 3.63) is 228 Å². The zero-order chi connectivity index (χ0) is 47.2. The van der Waals surface area contributed by atoms with Gasteiger partial charge in [0.1, 0.15) is 22.7 Å². The second-order valence-corrected chi connectivity index (χ2v) is 17.9. The smallest absolute Gasteiger partial charge is 0.135 e. The normalized spacial score (nSPS) is 12.9. The van der Waals surface area contributed by atoms with Gasteiger partial charge in [-0.2, -0.15) is 0 Å². The highest BCUT2D eigenvalue weighted by molar-refractivity contribution is 8.08. The molecule has 0 saturated heterocycles. The van der Waals surface area contributed by atoms with E-state index in [-0.39, 0.29) is 0 Å². The Labute approximate surface area is 399 Å². The number of para-hydroxylation sites is 1. The highest BCUT2D eigenvalue weighted by atomic mass is 32.2. The lowest BCUT2D eigenvalue weighted by molar-refractivity contribution is 0.306. The van der Waals surface area contributed by atoms with Gasteiger partial charge in [-0.3, -0.25) is 0 Å². The summed E-state index contributed by atoms with van der Waals surface area (Å²) in [6, 6.07) is 45.3. The van der Waals surface area contributed by atoms with Crippen molar-refractivity contribution in [1.82, 2.24) is 4.57 Å². The summed E-state index contributed by atoms with van der Waals surface area (Å²) in [5.41, 5.74) is 14.2. The molecule has 0 unspecified atom stereocenters. The molecule has 334 valence electrons. The highest BCUT2D eigenvalue weighted by Gasteiger charge is 2.19. The summed E-state index contributed by atoms with van der Waals surface area (Å²) in [6.07, 6.45) is 15.6. The monoisotopic (exact) mass is 894 g/mol. The van der Waals surface area contributed by atoms with E-state index in [9.17, 15) is 0 Å². The predicted octanol–water partition coefficient (Wildman–Crippen LogP) is 16.6. The van der Waals surface area contributed by atoms with Gasteiger partial charge in [0.15, 0.2) is 0 Å². The first kappa shape index (κ1) is 46.1. The standard InChI is InChI=1S/C62H58N2O2S/c1-11-15-23-48-32-35-56(63(10)51-34-37-60-54(40-51)53-28-19-20-29-59(53)66-60)43(7)62(48)67-45(9)61-44(8)64(57-36-33-50(39-55(57)61)46-24-17-16-18-25-46)52-27-21-26-49(38-52)41(5)30-31-47(22-12-2)58(14-4)65-42(6)13-3/h11-13,15-30,32-40H,1,3,6,8,14,31H2,2,4-5,7,9-10H3/b22-12-,23-15+,41-30+,58-47-,61-45-. The fraction of sp³-hybridized carbons (Fsp3) is 0.129. The molecule has 0 aliphatic rings. The first-order valence-corrected chi connectivity index (χ1v) is 23.6. The minimum Gasteiger partial charge on any atom is -0.462 e. The Kier molecular flexibility index (Phi) is 14.0. The van der Waals surface area contributed by atoms with Gasteiger partial charge in [0.2, 0.25) is 0 Å². The molecule has 0 atom stereocenters. The maximum atomic E-state index is 6.18. The van der Waals surface area contributed by atoms with E-state index in [0.717, 1.165) is 106 Å². The molecule has 4 nitrogen and oxygen atoms in total. The summed E-state index contributed by atoms with van der Waals surface area (Å²) in [6.45, 7) is 27.4. The average Bonchev–Trinajstić information content (AvgIpc) is 3.88. The van der Waals surface area contributed by atoms with Crippen LogP contribution in [-0.2, 0) is 4.74 Å². The van der Waals surface area contributed by atoms with E-state index in [0.29, 0.717) is 5.76 Å². The fourth-order valence-corrected chi connectivity index (χ4v) is 10.1. The van der Waals surface area contributed by atoms with Crippen LogP contribution in [0.1, 0.15) is 57.2 Å². The minimum atomic E-state index is 0.547. The average molecular weight is 895 g/mol. The molecule has 0 radical (unpaired) electrons. The summed E-state index contributed by atoms with van der Waals surface area (Å²) in [4.78, 5) is 4.61. The van der Waals surface area contributed by atoms with Crippen LogP contribution in [0.25, 0.3) is 72.8 Å². The number of hydrogen-bond donors (Lipinski definition) is 0. The van der Waals surface area contributed by atoms with Gasteiger partial charge in [-0.25, -0.2) is 0 Å². The van der Waals surface area contributed by atoms with Gasteiger partial charge < -0.3 is 18.6 Å². The molecular formula is C62H58N2O2S. The third-order valence-corrected chi connectivity index (χ3v) is 13.7. The number of anilines is 2. The third kappa shape index (κ3) is 9.47. The zero-order valence-corrected chi connectivity index (χ0v) is 40.3. The molecule has 0 bridgehead atoms. The van der Waals surface area contributed by atoms with Gasteiger partial charge >= 0.3 is 0 Å². The van der Waals surface area contributed by atoms with Crippen LogP contribution in [-0.4, -0.2) is 11.6 Å². The Bertz CT molecular complexity index is 3450. The number of rotatable bonds is 16. The number of aromatic nitrogens is 1. The summed E-state index contributed by atoms with van der Waals surface area (Å²) in [7, 11) is 2.14. The van der Waals surface area contributed by atoms with E-state index in [2.05, 4.69) is 204 Å². The van der Waals surface area contributed by atoms with Crippen molar-refractivity contribution in [3.8, 4) is 16.8 Å². The molecular weight excluding hydrogens is 837 g/mol. The summed E-state index contributed by atoms with van der Waals surface area (Å²) in [5, 5.41) is 5.43. The zero-order valence-electron chi connectivity index (χ0n) is 39.5. The number of hydrogen-bond acceptors (Lipinski definition) is 4. The molecule has 2 aromatic heterocycles. The maximum absolute atomic E-state index is 6.18. The van der Waals surface area contributed by atoms with Crippen LogP contribution in [0, 0.1) is 6.92 Å². The molecule has 67 heavy (non-hydrogen) atoms. The quantitative estimate of drug-likeness (QED) is 0.0549. The molecule has 0 aliphatic heterocycles. The lowest BCUT2D eigenvalue weighted by atomic mass is 10.0. The van der Waals surface area contributed by atoms with Crippen molar-refractivity contribution in [1.29, 1.82) is 0 Å². The van der Waals surface area contributed by atoms with Gasteiger partial charge in [-0.15, -0.1) is 0 Å². The molecule has 6 aromatic carbocycles. The molecule has 8 rings (SSSR count). The third-order valence-electron chi connectivity index (χ3n) is 12.4. The molecule has 0 amide bonds. The highest BCUT2D eigenvalue weighted by Crippen LogP contribution is 2.41. The van der Waals surface area contributed by atoms with Crippen molar-refractivity contribution in [2.24, 2.45) is 0 Å². The minimum absolute atomic E-state index is 0.547. The van der Waals surface area contributed by atoms with Gasteiger partial charge in [-0.1, -0.05) is 154 Å². The molecule has 5 heteroatoms. The van der Waals surface area contributed by atoms with E-state index in [4.69, 9.17) is 15.7 Å². The van der Waals surface area contributed by atoms with E-state index in [1.807, 2.05) is 31.2 Å². The van der Waals surface area contributed by atoms with Crippen LogP contribution in [0.3, 0.4) is 0 Å². The van der Waals surface area contributed by atoms with E-state index in [1.54, 1.807) is 17.8 Å². The number of thioether (sulfide) groups is 1. The van der Waals surface area contributed by atoms with E-state index >= 15 is 0 Å². The van der Waals surface area contributed by atoms with Crippen molar-refractivity contribution in [3.63, 3.8) is 0 Å². The van der Waals surface area contributed by atoms with Crippen molar-refractivity contribution in [2.45, 2.75) is 52.4 Å². The molecule has 0 spiro atoms. The second kappa shape index (κ2) is 20.4. The topological polar surface area (TPSA) is 30.5 Å². The van der Waals surface area contributed by atoms with Gasteiger partial charge in [0, 0.05) is 62.2 Å². The lowest BCUT2D eigenvalue weighted by Crippen LogP contribution is -2.28. The maximum Gasteiger partial charge on any atom is 0.135 e. The number of fused-ring (bicyclic) bond motifs is 4. The molecule has 0 fully saturated rings. The summed E-state index contributed by atoms with van der Waals surface area (Å²) in [5.74, 6) is 1.44. The van der Waals surface area contributed by atoms with Crippen LogP contribution in [0.2, 0.25) is 0 Å². The second-order valence-electron chi connectivity index (χ2n) is 16.7. The first-order chi connectivity index (χ1) is 32.5. The number of benzene rings is 6. The predicted molar refractivity (Wildman–Crippen MR) is 291 cm³/mol. The Morgan fingerprint density at radius 1 is 0.821 bits per heavy atom. The van der Waals surface area contributed by atoms with Crippen LogP contribution in [0.4, 0.5) is 11.4 Å². The Morgan fingerprint density at radius 2 is 1.60 bits per heavy atom. The SMILES string of the molecule is C=C/C=C/c1ccc(N(C)c2ccc3oc4ccccc4c3c2)c(C)c1S/C(C)=c1/c(=C)n(-c2cccc(/C(C)=C/CC(/C=C\C)=C(/CC)OC(=C)C=C)c2)c2ccc(-c3ccccc3)cc12. The Balaban J connectivity index is 1.25. The summed E-state index contributed by atoms with van der Waals surface area (Å²) < 4.78 is 14.6. The van der Waals surface area contributed by atoms with Crippen LogP contribution in [0.15, 0.2) is 210 Å². The van der Waals surface area contributed by atoms with Crippen LogP contribution < -0.4 is 15.5 Å². The largest absolute Gasteiger partial charge is 0.462 e. The van der Waals surface area contributed by atoms with E-state index in [1.165, 1.54) is 21.6 Å². The molecule has 0 aliphatic carbocycles. The van der Waals surface area contributed by atoms with Gasteiger partial charge in [-0.05, 0) is 139 Å². The number of allylic oxidation sites excluding steroid dienone is 9. The molecule has 8 aromatic rings. The van der Waals surface area contributed by atoms with Crippen LogP contribution in [0.5, 0.6) is 0 Å². The Morgan fingerprint density at radius 3 is 2.36 bits per heavy atom. The Hall–Kier alpha value is -7.47. The van der Waals surface area contributed by atoms with Gasteiger partial charge in [0.05, 0.1) is 5.52 Å². The van der Waals surface area contributed by atoms with Crippen LogP contribution >= 0.6 is 11.8 Å². The van der Waals surface area contributed by atoms with Crippen molar-refractivity contribution in [2.75, 3.05) is 11.9 Å². The fourth-order valence-electron chi connectivity index (χ4n) is 8.92. The number of nitrogens with zero attached hydrogens (tertiary/aromatic N) is 2. The van der Waals surface area contributed by atoms with E-state index < -0.39 is 0 Å². The summed E-state index contributed by atoms with van der Waals surface area (Å²) >= 11 is 1.80. The van der Waals surface area contributed by atoms with Crippen molar-refractivity contribution < 1.29 is 9.15 Å². The molecule has 2 heterocycles. The number of ether oxygens (including phenoxy) is 1. The molecule has 0 saturated carbocycles.